The molecule has 2 rings (SSSR count). The number of alkyl halides is 1. The standard InChI is InChI=1S/C19H21ClO3/c1-2-22-19(21)18(20)14-16-8-10-17(11-9-16)23-13-12-15-6-4-3-5-7-15/h3-11,18H,2,12-14H2,1H3. The molecule has 2 aromatic rings. The molecule has 0 aromatic heterocycles. The molecular weight excluding hydrogens is 312 g/mol. The monoisotopic (exact) mass is 332 g/mol. The van der Waals surface area contributed by atoms with Crippen LogP contribution < -0.4 is 4.74 Å². The lowest BCUT2D eigenvalue weighted by Crippen LogP contribution is -2.20. The fourth-order valence-corrected chi connectivity index (χ4v) is 2.42. The molecule has 0 heterocycles. The van der Waals surface area contributed by atoms with Crippen molar-refractivity contribution in [1.29, 1.82) is 0 Å². The van der Waals surface area contributed by atoms with Gasteiger partial charge in [-0.05, 0) is 36.6 Å². The van der Waals surface area contributed by atoms with Crippen LogP contribution in [-0.2, 0) is 22.4 Å². The van der Waals surface area contributed by atoms with E-state index in [1.54, 1.807) is 6.92 Å². The topological polar surface area (TPSA) is 35.5 Å². The second-order valence-corrected chi connectivity index (χ2v) is 5.68. The molecule has 0 N–H and O–H groups in total. The minimum Gasteiger partial charge on any atom is -0.493 e. The Morgan fingerprint density at radius 3 is 2.39 bits per heavy atom. The lowest BCUT2D eigenvalue weighted by atomic mass is 10.1. The molecule has 2 aromatic carbocycles. The number of halogens is 1. The molecular formula is C19H21ClO3. The molecule has 0 saturated heterocycles. The number of hydrogen-bond acceptors (Lipinski definition) is 3. The van der Waals surface area contributed by atoms with Crippen LogP contribution in [-0.4, -0.2) is 24.6 Å². The maximum absolute atomic E-state index is 11.5. The summed E-state index contributed by atoms with van der Waals surface area (Å²) in [6, 6.07) is 17.9. The van der Waals surface area contributed by atoms with Gasteiger partial charge in [-0.25, -0.2) is 0 Å². The number of esters is 1. The van der Waals surface area contributed by atoms with Crippen LogP contribution in [0.25, 0.3) is 0 Å². The Morgan fingerprint density at radius 1 is 1.04 bits per heavy atom. The first-order valence-corrected chi connectivity index (χ1v) is 8.19. The summed E-state index contributed by atoms with van der Waals surface area (Å²) < 4.78 is 10.6. The minimum atomic E-state index is -0.653. The zero-order chi connectivity index (χ0) is 16.5. The van der Waals surface area contributed by atoms with Gasteiger partial charge in [0, 0.05) is 6.42 Å². The maximum atomic E-state index is 11.5. The number of carbonyl (C=O) groups excluding carboxylic acids is 1. The fourth-order valence-electron chi connectivity index (χ4n) is 2.18. The van der Waals surface area contributed by atoms with Gasteiger partial charge in [-0.2, -0.15) is 0 Å². The van der Waals surface area contributed by atoms with Gasteiger partial charge in [0.05, 0.1) is 13.2 Å². The molecule has 3 nitrogen and oxygen atoms in total. The van der Waals surface area contributed by atoms with Crippen molar-refractivity contribution in [3.8, 4) is 5.75 Å². The molecule has 0 saturated carbocycles. The molecule has 0 spiro atoms. The van der Waals surface area contributed by atoms with Gasteiger partial charge in [-0.3, -0.25) is 4.79 Å². The van der Waals surface area contributed by atoms with Gasteiger partial charge in [-0.1, -0.05) is 42.5 Å². The number of benzene rings is 2. The lowest BCUT2D eigenvalue weighted by Gasteiger charge is -2.10. The van der Waals surface area contributed by atoms with Crippen LogP contribution in [0.5, 0.6) is 5.75 Å². The molecule has 1 unspecified atom stereocenters. The summed E-state index contributed by atoms with van der Waals surface area (Å²) in [5, 5.41) is -0.653. The van der Waals surface area contributed by atoms with E-state index in [9.17, 15) is 4.79 Å². The third-order valence-electron chi connectivity index (χ3n) is 3.38. The number of carbonyl (C=O) groups is 1. The Hall–Kier alpha value is -2.00. The largest absolute Gasteiger partial charge is 0.493 e. The van der Waals surface area contributed by atoms with Crippen molar-refractivity contribution in [1.82, 2.24) is 0 Å². The van der Waals surface area contributed by atoms with Crippen LogP contribution >= 0.6 is 11.6 Å². The normalized spacial score (nSPS) is 11.7. The summed E-state index contributed by atoms with van der Waals surface area (Å²) in [7, 11) is 0. The number of hydrogen-bond donors (Lipinski definition) is 0. The van der Waals surface area contributed by atoms with Crippen molar-refractivity contribution in [2.75, 3.05) is 13.2 Å². The smallest absolute Gasteiger partial charge is 0.324 e. The van der Waals surface area contributed by atoms with E-state index in [0.717, 1.165) is 17.7 Å². The van der Waals surface area contributed by atoms with Crippen LogP contribution in [0.4, 0.5) is 0 Å². The quantitative estimate of drug-likeness (QED) is 0.541. The van der Waals surface area contributed by atoms with Crippen molar-refractivity contribution in [3.63, 3.8) is 0 Å². The van der Waals surface area contributed by atoms with Gasteiger partial charge in [0.2, 0.25) is 0 Å². The summed E-state index contributed by atoms with van der Waals surface area (Å²) in [5.74, 6) is 0.435. The molecule has 4 heteroatoms. The fraction of sp³-hybridized carbons (Fsp3) is 0.316. The molecule has 0 aliphatic rings. The number of rotatable bonds is 8. The summed E-state index contributed by atoms with van der Waals surface area (Å²) >= 11 is 6.03. The summed E-state index contributed by atoms with van der Waals surface area (Å²) in [4.78, 5) is 11.5. The Kier molecular flexibility index (Phi) is 6.95. The SMILES string of the molecule is CCOC(=O)C(Cl)Cc1ccc(OCCc2ccccc2)cc1. The van der Waals surface area contributed by atoms with E-state index in [-0.39, 0.29) is 5.97 Å². The first kappa shape index (κ1) is 17.4. The molecule has 0 aliphatic heterocycles. The van der Waals surface area contributed by atoms with Crippen molar-refractivity contribution in [2.45, 2.75) is 25.1 Å². The van der Waals surface area contributed by atoms with E-state index in [1.165, 1.54) is 5.56 Å². The van der Waals surface area contributed by atoms with Crippen molar-refractivity contribution in [2.24, 2.45) is 0 Å². The molecule has 0 amide bonds. The predicted molar refractivity (Wildman–Crippen MR) is 92.1 cm³/mol. The average Bonchev–Trinajstić information content (AvgIpc) is 2.57. The second-order valence-electron chi connectivity index (χ2n) is 5.15. The van der Waals surface area contributed by atoms with Crippen molar-refractivity contribution >= 4 is 17.6 Å². The van der Waals surface area contributed by atoms with Crippen LogP contribution in [0.1, 0.15) is 18.1 Å². The van der Waals surface area contributed by atoms with Gasteiger partial charge in [-0.15, -0.1) is 11.6 Å². The molecule has 1 atom stereocenters. The van der Waals surface area contributed by atoms with Gasteiger partial charge in [0.15, 0.2) is 0 Å². The van der Waals surface area contributed by atoms with Gasteiger partial charge < -0.3 is 9.47 Å². The van der Waals surface area contributed by atoms with Gasteiger partial charge in [0.1, 0.15) is 11.1 Å². The molecule has 0 bridgehead atoms. The van der Waals surface area contributed by atoms with Gasteiger partial charge in [0.25, 0.3) is 0 Å². The van der Waals surface area contributed by atoms with Crippen LogP contribution in [0.15, 0.2) is 54.6 Å². The van der Waals surface area contributed by atoms with Crippen LogP contribution in [0, 0.1) is 0 Å². The Morgan fingerprint density at radius 2 is 1.74 bits per heavy atom. The lowest BCUT2D eigenvalue weighted by molar-refractivity contribution is -0.142. The first-order chi connectivity index (χ1) is 11.2. The highest BCUT2D eigenvalue weighted by Gasteiger charge is 2.16. The highest BCUT2D eigenvalue weighted by atomic mass is 35.5. The maximum Gasteiger partial charge on any atom is 0.324 e. The number of ether oxygens (including phenoxy) is 2. The van der Waals surface area contributed by atoms with Crippen LogP contribution in [0.3, 0.4) is 0 Å². The third kappa shape index (κ3) is 5.95. The van der Waals surface area contributed by atoms with E-state index in [1.807, 2.05) is 42.5 Å². The highest BCUT2D eigenvalue weighted by Crippen LogP contribution is 2.16. The van der Waals surface area contributed by atoms with Crippen molar-refractivity contribution in [3.05, 3.63) is 65.7 Å². The second kappa shape index (κ2) is 9.21. The summed E-state index contributed by atoms with van der Waals surface area (Å²) in [6.45, 7) is 2.74. The summed E-state index contributed by atoms with van der Waals surface area (Å²) in [6.07, 6.45) is 1.32. The van der Waals surface area contributed by atoms with E-state index in [0.29, 0.717) is 19.6 Å². The zero-order valence-corrected chi connectivity index (χ0v) is 14.0. The Balaban J connectivity index is 1.79. The average molecular weight is 333 g/mol. The zero-order valence-electron chi connectivity index (χ0n) is 13.2. The Bertz CT molecular complexity index is 596. The minimum absolute atomic E-state index is 0.343. The first-order valence-electron chi connectivity index (χ1n) is 7.75. The van der Waals surface area contributed by atoms with E-state index in [2.05, 4.69) is 12.1 Å². The molecule has 122 valence electrons. The van der Waals surface area contributed by atoms with Crippen LogP contribution in [0.2, 0.25) is 0 Å². The van der Waals surface area contributed by atoms with Gasteiger partial charge >= 0.3 is 5.97 Å². The third-order valence-corrected chi connectivity index (χ3v) is 3.72. The van der Waals surface area contributed by atoms with Crippen molar-refractivity contribution < 1.29 is 14.3 Å². The highest BCUT2D eigenvalue weighted by molar-refractivity contribution is 6.30. The summed E-state index contributed by atoms with van der Waals surface area (Å²) in [5.41, 5.74) is 2.23. The Labute approximate surface area is 142 Å². The molecule has 23 heavy (non-hydrogen) atoms. The predicted octanol–water partition coefficient (Wildman–Crippen LogP) is 4.02. The van der Waals surface area contributed by atoms with E-state index >= 15 is 0 Å². The van der Waals surface area contributed by atoms with E-state index < -0.39 is 5.38 Å². The molecule has 0 aliphatic carbocycles. The molecule has 0 radical (unpaired) electrons. The molecule has 0 fully saturated rings. The van der Waals surface area contributed by atoms with E-state index in [4.69, 9.17) is 21.1 Å².